The van der Waals surface area contributed by atoms with Crippen LogP contribution >= 0.6 is 34.4 Å². The molecule has 1 fully saturated rings. The van der Waals surface area contributed by atoms with E-state index in [0.717, 1.165) is 17.5 Å². The maximum absolute atomic E-state index is 4.33. The van der Waals surface area contributed by atoms with Crippen LogP contribution < -0.4 is 4.90 Å². The highest BCUT2D eigenvalue weighted by atomic mass is 127. The van der Waals surface area contributed by atoms with E-state index in [0.29, 0.717) is 5.25 Å². The normalized spacial score (nSPS) is 26.7. The predicted molar refractivity (Wildman–Crippen MR) is 81.2 cm³/mol. The van der Waals surface area contributed by atoms with E-state index in [1.807, 2.05) is 11.8 Å². The standard InChI is InChI=1S/C12H12IN3S/c1-8-2-4-9(5-3-8)11-14-15-12-16(11)7-10(6-13)17-12/h2-5,10H,6-7H2,1H3/p+1. The number of hydrogen-bond acceptors (Lipinski definition) is 3. The van der Waals surface area contributed by atoms with Gasteiger partial charge in [-0.05, 0) is 30.8 Å². The second-order valence-corrected chi connectivity index (χ2v) is 6.47. The van der Waals surface area contributed by atoms with Crippen molar-refractivity contribution in [3.63, 3.8) is 0 Å². The lowest BCUT2D eigenvalue weighted by Crippen LogP contribution is -3.14. The summed E-state index contributed by atoms with van der Waals surface area (Å²) in [5, 5.41) is 10.5. The summed E-state index contributed by atoms with van der Waals surface area (Å²) in [6, 6.07) is 8.55. The van der Waals surface area contributed by atoms with Crippen LogP contribution in [0.15, 0.2) is 34.5 Å². The van der Waals surface area contributed by atoms with E-state index in [1.54, 1.807) is 0 Å². The Morgan fingerprint density at radius 1 is 1.35 bits per heavy atom. The first-order valence-corrected chi connectivity index (χ1v) is 8.00. The zero-order valence-electron chi connectivity index (χ0n) is 9.48. The summed E-state index contributed by atoms with van der Waals surface area (Å²) in [5.74, 6) is 1.08. The summed E-state index contributed by atoms with van der Waals surface area (Å²) in [4.78, 5) is 1.35. The van der Waals surface area contributed by atoms with E-state index < -0.39 is 0 Å². The number of benzene rings is 1. The van der Waals surface area contributed by atoms with Crippen molar-refractivity contribution in [3.8, 4) is 0 Å². The van der Waals surface area contributed by atoms with Crippen LogP contribution in [0.4, 0.5) is 0 Å². The molecule has 1 N–H and O–H groups in total. The Morgan fingerprint density at radius 2 is 2.12 bits per heavy atom. The van der Waals surface area contributed by atoms with Gasteiger partial charge in [-0.3, -0.25) is 0 Å². The molecule has 1 aromatic rings. The van der Waals surface area contributed by atoms with Crippen molar-refractivity contribution in [2.24, 2.45) is 10.2 Å². The Kier molecular flexibility index (Phi) is 3.23. The summed E-state index contributed by atoms with van der Waals surface area (Å²) in [6.07, 6.45) is 0. The fourth-order valence-corrected chi connectivity index (χ4v) is 3.94. The number of amidine groups is 2. The van der Waals surface area contributed by atoms with Crippen LogP contribution in [0.2, 0.25) is 0 Å². The molecule has 3 rings (SSSR count). The van der Waals surface area contributed by atoms with Crippen molar-refractivity contribution < 1.29 is 4.90 Å². The number of hydrogen-bond donors (Lipinski definition) is 1. The van der Waals surface area contributed by atoms with Gasteiger partial charge in [0.2, 0.25) is 0 Å². The van der Waals surface area contributed by atoms with Gasteiger partial charge in [0, 0.05) is 4.43 Å². The number of nitrogens with one attached hydrogen (secondary N) is 1. The molecule has 1 aromatic carbocycles. The molecule has 3 nitrogen and oxygen atoms in total. The third kappa shape index (κ3) is 2.15. The monoisotopic (exact) mass is 358 g/mol. The molecule has 0 radical (unpaired) electrons. The molecule has 2 atom stereocenters. The molecule has 2 aliphatic heterocycles. The molecule has 0 aliphatic carbocycles. The third-order valence-corrected chi connectivity index (χ3v) is 5.87. The summed E-state index contributed by atoms with van der Waals surface area (Å²) >= 11 is 4.32. The number of rotatable bonds is 2. The molecule has 0 spiro atoms. The molecule has 2 aliphatic rings. The van der Waals surface area contributed by atoms with Gasteiger partial charge in [0.25, 0.3) is 11.0 Å². The van der Waals surface area contributed by atoms with Crippen LogP contribution in [0.1, 0.15) is 11.1 Å². The first-order valence-electron chi connectivity index (χ1n) is 5.60. The Morgan fingerprint density at radius 3 is 2.82 bits per heavy atom. The van der Waals surface area contributed by atoms with Gasteiger partial charge in [-0.25, -0.2) is 4.90 Å². The minimum Gasteiger partial charge on any atom is -0.227 e. The summed E-state index contributed by atoms with van der Waals surface area (Å²) in [6.45, 7) is 3.21. The predicted octanol–water partition coefficient (Wildman–Crippen LogP) is 1.46. The van der Waals surface area contributed by atoms with Crippen molar-refractivity contribution in [1.82, 2.24) is 0 Å². The fourth-order valence-electron chi connectivity index (χ4n) is 2.05. The smallest absolute Gasteiger partial charge is 0.227 e. The minimum atomic E-state index is 0.681. The number of alkyl halides is 1. The number of nitrogens with zero attached hydrogens (tertiary/aromatic N) is 2. The van der Waals surface area contributed by atoms with E-state index in [-0.39, 0.29) is 0 Å². The van der Waals surface area contributed by atoms with E-state index in [2.05, 4.69) is 64.0 Å². The summed E-state index contributed by atoms with van der Waals surface area (Å²) < 4.78 is 1.17. The van der Waals surface area contributed by atoms with Gasteiger partial charge >= 0.3 is 0 Å². The quantitative estimate of drug-likeness (QED) is 0.630. The first-order chi connectivity index (χ1) is 8.28. The largest absolute Gasteiger partial charge is 0.288 e. The first kappa shape index (κ1) is 11.7. The number of thioether (sulfide) groups is 1. The molecular weight excluding hydrogens is 345 g/mol. The SMILES string of the molecule is Cc1ccc(C2=NN=C3SC(CI)C[NH+]32)cc1. The zero-order valence-corrected chi connectivity index (χ0v) is 12.5. The topological polar surface area (TPSA) is 29.2 Å². The lowest BCUT2D eigenvalue weighted by Gasteiger charge is -2.08. The Hall–Kier alpha value is -0.400. The van der Waals surface area contributed by atoms with Crippen LogP contribution in [0, 0.1) is 6.92 Å². The average molecular weight is 358 g/mol. The van der Waals surface area contributed by atoms with E-state index in [1.165, 1.54) is 20.5 Å². The van der Waals surface area contributed by atoms with Gasteiger partial charge in [0.05, 0.1) is 10.8 Å². The van der Waals surface area contributed by atoms with Gasteiger partial charge in [-0.15, -0.1) is 0 Å². The zero-order chi connectivity index (χ0) is 11.8. The molecule has 0 saturated carbocycles. The average Bonchev–Trinajstić information content (AvgIpc) is 2.89. The Bertz CT molecular complexity index is 495. The maximum atomic E-state index is 4.33. The van der Waals surface area contributed by atoms with E-state index >= 15 is 0 Å². The summed E-state index contributed by atoms with van der Waals surface area (Å²) in [7, 11) is 0. The van der Waals surface area contributed by atoms with Gasteiger partial charge in [0.15, 0.2) is 0 Å². The highest BCUT2D eigenvalue weighted by Gasteiger charge is 2.41. The van der Waals surface area contributed by atoms with Crippen LogP contribution in [0.5, 0.6) is 0 Å². The second kappa shape index (κ2) is 4.70. The molecule has 17 heavy (non-hydrogen) atoms. The number of fused-ring (bicyclic) bond motifs is 1. The van der Waals surface area contributed by atoms with Gasteiger partial charge in [-0.2, -0.15) is 0 Å². The molecule has 0 amide bonds. The molecule has 0 aromatic heterocycles. The molecule has 88 valence electrons. The molecular formula is C12H13IN3S+. The van der Waals surface area contributed by atoms with E-state index in [9.17, 15) is 0 Å². The lowest BCUT2D eigenvalue weighted by molar-refractivity contribution is -0.688. The molecule has 1 saturated heterocycles. The Labute approximate surface area is 119 Å². The van der Waals surface area contributed by atoms with Crippen molar-refractivity contribution in [3.05, 3.63) is 35.4 Å². The fraction of sp³-hybridized carbons (Fsp3) is 0.333. The van der Waals surface area contributed by atoms with Gasteiger partial charge in [-0.1, -0.05) is 50.5 Å². The maximum Gasteiger partial charge on any atom is 0.288 e. The molecule has 2 unspecified atom stereocenters. The van der Waals surface area contributed by atoms with Crippen LogP contribution in [0.3, 0.4) is 0 Å². The van der Waals surface area contributed by atoms with Gasteiger partial charge < -0.3 is 0 Å². The van der Waals surface area contributed by atoms with Crippen molar-refractivity contribution in [2.75, 3.05) is 11.0 Å². The van der Waals surface area contributed by atoms with Crippen LogP contribution in [-0.4, -0.2) is 27.2 Å². The minimum absolute atomic E-state index is 0.681. The molecule has 2 heterocycles. The van der Waals surface area contributed by atoms with Crippen LogP contribution in [0.25, 0.3) is 0 Å². The van der Waals surface area contributed by atoms with Gasteiger partial charge in [0.1, 0.15) is 6.54 Å². The number of quaternary nitrogens is 1. The van der Waals surface area contributed by atoms with Crippen LogP contribution in [-0.2, 0) is 0 Å². The lowest BCUT2D eigenvalue weighted by atomic mass is 10.1. The number of halogens is 1. The number of aryl methyl sites for hydroxylation is 1. The summed E-state index contributed by atoms with van der Waals surface area (Å²) in [5.41, 5.74) is 2.48. The Balaban J connectivity index is 1.85. The third-order valence-electron chi connectivity index (χ3n) is 2.99. The molecule has 5 heteroatoms. The highest BCUT2D eigenvalue weighted by molar-refractivity contribution is 14.1. The van der Waals surface area contributed by atoms with Crippen molar-refractivity contribution in [1.29, 1.82) is 0 Å². The highest BCUT2D eigenvalue weighted by Crippen LogP contribution is 2.20. The van der Waals surface area contributed by atoms with Crippen molar-refractivity contribution in [2.45, 2.75) is 12.2 Å². The van der Waals surface area contributed by atoms with E-state index in [4.69, 9.17) is 0 Å². The second-order valence-electron chi connectivity index (χ2n) is 4.30. The van der Waals surface area contributed by atoms with Crippen molar-refractivity contribution >= 4 is 45.4 Å². The molecule has 0 bridgehead atoms.